The Kier molecular flexibility index (Phi) is 23.6. The lowest BCUT2D eigenvalue weighted by Gasteiger charge is -2.20. The molecule has 0 aromatic carbocycles. The minimum Gasteiger partial charge on any atom is -0.329 e. The minimum atomic E-state index is -5.36. The van der Waals surface area contributed by atoms with E-state index in [2.05, 4.69) is 41.6 Å². The monoisotopic (exact) mass is 585 g/mol. The predicted molar refractivity (Wildman–Crippen MR) is 141 cm³/mol. The van der Waals surface area contributed by atoms with Crippen LogP contribution in [0.2, 0.25) is 0 Å². The van der Waals surface area contributed by atoms with Gasteiger partial charge < -0.3 is 31.5 Å². The standard InChI is InChI=1S/C16H37O10P3.C4H13N3/c1-15(2)11-7-5-9-13-23-29(22,24-14-10-6-8-12-16(3)4)26-28(20,21)25-27(17,18)19;5-1-3-7-4-2-6/h15-16H,5-14H2,1-4H3,(H,20,21)(H2,17,18,19);7H,1-6H2. The first-order valence-electron chi connectivity index (χ1n) is 12.5. The van der Waals surface area contributed by atoms with Crippen molar-refractivity contribution < 1.29 is 46.0 Å². The number of phosphoric ester groups is 1. The van der Waals surface area contributed by atoms with Gasteiger partial charge in [0.25, 0.3) is 0 Å². The fraction of sp³-hybridized carbons (Fsp3) is 1.00. The van der Waals surface area contributed by atoms with Crippen molar-refractivity contribution in [2.24, 2.45) is 23.3 Å². The van der Waals surface area contributed by atoms with E-state index in [4.69, 9.17) is 30.3 Å². The zero-order chi connectivity index (χ0) is 28.1. The van der Waals surface area contributed by atoms with Crippen LogP contribution >= 0.6 is 23.5 Å². The SMILES string of the molecule is CC(C)CCCCCOP(=O)(OCCCCCC(C)C)OP(=O)(O)OP(=O)(O)O.NCCNCCN. The fourth-order valence-electron chi connectivity index (χ4n) is 2.70. The summed E-state index contributed by atoms with van der Waals surface area (Å²) in [6, 6.07) is 0. The van der Waals surface area contributed by atoms with Gasteiger partial charge in [-0.05, 0) is 24.7 Å². The van der Waals surface area contributed by atoms with E-state index in [-0.39, 0.29) is 13.2 Å². The van der Waals surface area contributed by atoms with Gasteiger partial charge in [0.05, 0.1) is 13.2 Å². The molecule has 1 unspecified atom stereocenters. The van der Waals surface area contributed by atoms with Crippen LogP contribution in [0, 0.1) is 11.8 Å². The van der Waals surface area contributed by atoms with Gasteiger partial charge in [-0.1, -0.05) is 66.2 Å². The summed E-state index contributed by atoms with van der Waals surface area (Å²) in [7, 11) is -15.2. The van der Waals surface area contributed by atoms with Crippen LogP contribution in [0.5, 0.6) is 0 Å². The summed E-state index contributed by atoms with van der Waals surface area (Å²) < 4.78 is 53.5. The van der Waals surface area contributed by atoms with Crippen molar-refractivity contribution in [2.75, 3.05) is 39.4 Å². The molecule has 0 aliphatic carbocycles. The van der Waals surface area contributed by atoms with Crippen LogP contribution < -0.4 is 16.8 Å². The van der Waals surface area contributed by atoms with Crippen LogP contribution in [0.3, 0.4) is 0 Å². The molecule has 0 spiro atoms. The predicted octanol–water partition coefficient (Wildman–Crippen LogP) is 4.28. The van der Waals surface area contributed by atoms with E-state index < -0.39 is 23.5 Å². The molecule has 8 N–H and O–H groups in total. The Hall–Kier alpha value is 0.290. The molecule has 220 valence electrons. The van der Waals surface area contributed by atoms with Crippen molar-refractivity contribution in [3.05, 3.63) is 0 Å². The van der Waals surface area contributed by atoms with Crippen LogP contribution in [0.4, 0.5) is 0 Å². The fourth-order valence-corrected chi connectivity index (χ4v) is 6.34. The molecule has 16 heteroatoms. The summed E-state index contributed by atoms with van der Waals surface area (Å²) in [6.07, 6.45) is 6.59. The molecule has 0 fully saturated rings. The third kappa shape index (κ3) is 28.9. The first kappa shape index (κ1) is 38.4. The van der Waals surface area contributed by atoms with Crippen LogP contribution in [-0.4, -0.2) is 54.1 Å². The number of unbranched alkanes of at least 4 members (excludes halogenated alkanes) is 4. The number of hydrogen-bond acceptors (Lipinski definition) is 10. The third-order valence-electron chi connectivity index (χ3n) is 4.41. The summed E-state index contributed by atoms with van der Waals surface area (Å²) in [5.41, 5.74) is 10.3. The molecule has 0 radical (unpaired) electrons. The van der Waals surface area contributed by atoms with E-state index in [1.807, 2.05) is 0 Å². The maximum atomic E-state index is 12.7. The average Bonchev–Trinajstić information content (AvgIpc) is 2.71. The molecule has 0 rings (SSSR count). The summed E-state index contributed by atoms with van der Waals surface area (Å²) >= 11 is 0. The topological polar surface area (TPSA) is 213 Å². The van der Waals surface area contributed by atoms with Gasteiger partial charge in [0, 0.05) is 26.2 Å². The molecular formula is C20H50N3O10P3. The number of hydrogen-bond donors (Lipinski definition) is 6. The Morgan fingerprint density at radius 1 is 0.694 bits per heavy atom. The van der Waals surface area contributed by atoms with Crippen molar-refractivity contribution in [1.82, 2.24) is 5.32 Å². The molecule has 0 heterocycles. The van der Waals surface area contributed by atoms with Crippen LogP contribution in [0.15, 0.2) is 0 Å². The van der Waals surface area contributed by atoms with Crippen LogP contribution in [0.1, 0.15) is 79.1 Å². The first-order chi connectivity index (χ1) is 16.7. The molecule has 0 saturated heterocycles. The Morgan fingerprint density at radius 2 is 1.11 bits per heavy atom. The lowest BCUT2D eigenvalue weighted by molar-refractivity contribution is 0.134. The number of rotatable bonds is 22. The molecule has 0 saturated carbocycles. The molecule has 0 amide bonds. The highest BCUT2D eigenvalue weighted by Gasteiger charge is 2.42. The van der Waals surface area contributed by atoms with Gasteiger partial charge >= 0.3 is 23.5 Å². The normalized spacial score (nSPS) is 14.1. The van der Waals surface area contributed by atoms with Crippen LogP contribution in [-0.2, 0) is 31.4 Å². The zero-order valence-corrected chi connectivity index (χ0v) is 24.9. The highest BCUT2D eigenvalue weighted by atomic mass is 31.3. The second-order valence-corrected chi connectivity index (χ2v) is 13.7. The van der Waals surface area contributed by atoms with Crippen molar-refractivity contribution in [3.8, 4) is 0 Å². The van der Waals surface area contributed by atoms with Gasteiger partial charge in [-0.15, -0.1) is 0 Å². The number of nitrogens with two attached hydrogens (primary N) is 2. The molecule has 36 heavy (non-hydrogen) atoms. The largest absolute Gasteiger partial charge is 0.490 e. The van der Waals surface area contributed by atoms with Gasteiger partial charge in [0.15, 0.2) is 0 Å². The van der Waals surface area contributed by atoms with E-state index in [1.165, 1.54) is 0 Å². The van der Waals surface area contributed by atoms with E-state index in [0.29, 0.717) is 37.8 Å². The van der Waals surface area contributed by atoms with Crippen molar-refractivity contribution in [3.63, 3.8) is 0 Å². The molecular weight excluding hydrogens is 535 g/mol. The van der Waals surface area contributed by atoms with Crippen molar-refractivity contribution >= 4 is 23.5 Å². The zero-order valence-electron chi connectivity index (χ0n) is 22.2. The third-order valence-corrected chi connectivity index (χ3v) is 8.70. The Bertz CT molecular complexity index is 637. The highest BCUT2D eigenvalue weighted by Crippen LogP contribution is 2.68. The van der Waals surface area contributed by atoms with Crippen LogP contribution in [0.25, 0.3) is 0 Å². The van der Waals surface area contributed by atoms with Crippen molar-refractivity contribution in [2.45, 2.75) is 79.1 Å². The number of nitrogens with one attached hydrogen (secondary N) is 1. The number of phosphoric acid groups is 3. The molecule has 13 nitrogen and oxygen atoms in total. The summed E-state index contributed by atoms with van der Waals surface area (Å²) in [4.78, 5) is 26.9. The van der Waals surface area contributed by atoms with Gasteiger partial charge in [0.2, 0.25) is 0 Å². The maximum absolute atomic E-state index is 12.7. The minimum absolute atomic E-state index is 0.0569. The Balaban J connectivity index is 0. The highest BCUT2D eigenvalue weighted by molar-refractivity contribution is 7.66. The summed E-state index contributed by atoms with van der Waals surface area (Å²) in [6.45, 7) is 11.4. The molecule has 0 aromatic rings. The lowest BCUT2D eigenvalue weighted by atomic mass is 10.1. The lowest BCUT2D eigenvalue weighted by Crippen LogP contribution is -2.27. The van der Waals surface area contributed by atoms with Gasteiger partial charge in [-0.25, -0.2) is 13.7 Å². The van der Waals surface area contributed by atoms with Gasteiger partial charge in [0.1, 0.15) is 0 Å². The summed E-state index contributed by atoms with van der Waals surface area (Å²) in [5, 5.41) is 3.03. The van der Waals surface area contributed by atoms with Gasteiger partial charge in [-0.3, -0.25) is 9.05 Å². The van der Waals surface area contributed by atoms with Gasteiger partial charge in [-0.2, -0.15) is 8.62 Å². The molecule has 1 atom stereocenters. The van der Waals surface area contributed by atoms with E-state index in [1.54, 1.807) is 0 Å². The van der Waals surface area contributed by atoms with E-state index >= 15 is 0 Å². The maximum Gasteiger partial charge on any atom is 0.490 e. The van der Waals surface area contributed by atoms with Crippen molar-refractivity contribution in [1.29, 1.82) is 0 Å². The first-order valence-corrected chi connectivity index (χ1v) is 17.0. The molecule has 0 aliphatic heterocycles. The molecule has 0 bridgehead atoms. The Labute approximate surface area is 216 Å². The smallest absolute Gasteiger partial charge is 0.329 e. The Morgan fingerprint density at radius 3 is 1.44 bits per heavy atom. The van der Waals surface area contributed by atoms with E-state index in [0.717, 1.165) is 51.6 Å². The summed E-state index contributed by atoms with van der Waals surface area (Å²) in [5.74, 6) is 1.13. The average molecular weight is 586 g/mol. The molecule has 0 aromatic heterocycles. The quantitative estimate of drug-likeness (QED) is 0.0774. The second-order valence-electron chi connectivity index (χ2n) is 9.05. The molecule has 0 aliphatic rings. The second kappa shape index (κ2) is 22.1. The van der Waals surface area contributed by atoms with E-state index in [9.17, 15) is 18.6 Å².